The van der Waals surface area contributed by atoms with Crippen LogP contribution in [0.25, 0.3) is 0 Å². The first-order valence-electron chi connectivity index (χ1n) is 9.92. The summed E-state index contributed by atoms with van der Waals surface area (Å²) in [5.41, 5.74) is 0. The third kappa shape index (κ3) is 5.89. The summed E-state index contributed by atoms with van der Waals surface area (Å²) < 4.78 is 4.11. The minimum atomic E-state index is 0. The lowest BCUT2D eigenvalue weighted by Crippen LogP contribution is -2.39. The topological polar surface area (TPSA) is 89.1 Å². The van der Waals surface area contributed by atoms with Crippen LogP contribution >= 0.6 is 24.0 Å². The molecule has 0 spiro atoms. The van der Waals surface area contributed by atoms with Crippen molar-refractivity contribution in [2.24, 2.45) is 12.0 Å². The first kappa shape index (κ1) is 22.6. The minimum absolute atomic E-state index is 0. The molecule has 1 N–H and O–H groups in total. The third-order valence-electron chi connectivity index (χ3n) is 4.89. The maximum Gasteiger partial charge on any atom is 0.194 e. The van der Waals surface area contributed by atoms with Crippen molar-refractivity contribution in [2.75, 3.05) is 20.1 Å². The summed E-state index contributed by atoms with van der Waals surface area (Å²) in [6.45, 7) is 5.40. The number of hydrogen-bond acceptors (Lipinski definition) is 5. The molecule has 0 unspecified atom stereocenters. The lowest BCUT2D eigenvalue weighted by atomic mass is 10.2. The summed E-state index contributed by atoms with van der Waals surface area (Å²) in [7, 11) is 3.93. The maximum atomic E-state index is 4.77. The van der Waals surface area contributed by atoms with E-state index in [1.165, 1.54) is 19.3 Å². The number of rotatable bonds is 7. The Morgan fingerprint density at radius 1 is 1.25 bits per heavy atom. The Morgan fingerprint density at radius 2 is 2.11 bits per heavy atom. The number of guanidine groups is 1. The Kier molecular flexibility index (Phi) is 9.13. The van der Waals surface area contributed by atoms with Crippen molar-refractivity contribution in [3.8, 4) is 0 Å². The molecule has 9 nitrogen and oxygen atoms in total. The van der Waals surface area contributed by atoms with Gasteiger partial charge in [0, 0.05) is 46.6 Å². The average Bonchev–Trinajstić information content (AvgIpc) is 3.15. The lowest BCUT2D eigenvalue weighted by molar-refractivity contribution is 0.448. The number of aryl methyl sites for hydroxylation is 3. The van der Waals surface area contributed by atoms with Crippen LogP contribution in [-0.4, -0.2) is 60.5 Å². The molecule has 0 radical (unpaired) electrons. The number of aliphatic imine (C=N–C) groups is 1. The molecule has 28 heavy (non-hydrogen) atoms. The molecule has 2 aromatic heterocycles. The summed E-state index contributed by atoms with van der Waals surface area (Å²) >= 11 is 0. The first-order valence-corrected chi connectivity index (χ1v) is 9.92. The fraction of sp³-hybridized carbons (Fsp3) is 0.722. The van der Waals surface area contributed by atoms with Crippen molar-refractivity contribution in [1.29, 1.82) is 0 Å². The molecule has 0 aromatic carbocycles. The van der Waals surface area contributed by atoms with E-state index in [2.05, 4.69) is 42.0 Å². The molecule has 2 aromatic rings. The zero-order chi connectivity index (χ0) is 19.1. The molecule has 0 saturated carbocycles. The monoisotopic (exact) mass is 501 g/mol. The highest BCUT2D eigenvalue weighted by Crippen LogP contribution is 2.15. The van der Waals surface area contributed by atoms with Crippen molar-refractivity contribution in [2.45, 2.75) is 58.5 Å². The summed E-state index contributed by atoms with van der Waals surface area (Å²) in [4.78, 5) is 11.1. The number of nitrogens with one attached hydrogen (secondary N) is 1. The van der Waals surface area contributed by atoms with Gasteiger partial charge in [-0.2, -0.15) is 5.10 Å². The van der Waals surface area contributed by atoms with Crippen LogP contribution in [0.3, 0.4) is 0 Å². The van der Waals surface area contributed by atoms with E-state index in [-0.39, 0.29) is 24.0 Å². The molecule has 3 rings (SSSR count). The van der Waals surface area contributed by atoms with Gasteiger partial charge in [0.15, 0.2) is 5.96 Å². The predicted octanol–water partition coefficient (Wildman–Crippen LogP) is 1.78. The number of fused-ring (bicyclic) bond motifs is 1. The standard InChI is InChI=1S/C18H31N9.HI/c1-4-19-18(25(2)13-17-21-14-22-26(17)3)20-11-8-10-16-24-23-15-9-6-5-7-12-27(15)16;/h14H,4-13H2,1-3H3,(H,19,20);1H. The van der Waals surface area contributed by atoms with Crippen LogP contribution in [0.15, 0.2) is 11.3 Å². The van der Waals surface area contributed by atoms with Crippen LogP contribution in [0, 0.1) is 0 Å². The predicted molar refractivity (Wildman–Crippen MR) is 120 cm³/mol. The van der Waals surface area contributed by atoms with Crippen molar-refractivity contribution in [3.05, 3.63) is 23.8 Å². The highest BCUT2D eigenvalue weighted by atomic mass is 127. The second kappa shape index (κ2) is 11.3. The van der Waals surface area contributed by atoms with Gasteiger partial charge < -0.3 is 14.8 Å². The zero-order valence-electron chi connectivity index (χ0n) is 17.1. The van der Waals surface area contributed by atoms with Gasteiger partial charge in [-0.25, -0.2) is 4.98 Å². The van der Waals surface area contributed by atoms with Gasteiger partial charge in [0.25, 0.3) is 0 Å². The van der Waals surface area contributed by atoms with Gasteiger partial charge in [-0.1, -0.05) is 6.42 Å². The summed E-state index contributed by atoms with van der Waals surface area (Å²) in [5.74, 6) is 4.07. The van der Waals surface area contributed by atoms with Gasteiger partial charge >= 0.3 is 0 Å². The van der Waals surface area contributed by atoms with Crippen LogP contribution in [0.4, 0.5) is 0 Å². The Morgan fingerprint density at radius 3 is 2.86 bits per heavy atom. The van der Waals surface area contributed by atoms with E-state index in [0.29, 0.717) is 6.54 Å². The summed E-state index contributed by atoms with van der Waals surface area (Å²) in [6, 6.07) is 0. The minimum Gasteiger partial charge on any atom is -0.357 e. The van der Waals surface area contributed by atoms with E-state index in [9.17, 15) is 0 Å². The van der Waals surface area contributed by atoms with Crippen LogP contribution < -0.4 is 5.32 Å². The second-order valence-electron chi connectivity index (χ2n) is 6.99. The lowest BCUT2D eigenvalue weighted by Gasteiger charge is -2.21. The molecular formula is C18H32IN9. The molecule has 10 heteroatoms. The van der Waals surface area contributed by atoms with Crippen LogP contribution in [-0.2, 0) is 33.0 Å². The fourth-order valence-electron chi connectivity index (χ4n) is 3.37. The van der Waals surface area contributed by atoms with E-state index < -0.39 is 0 Å². The molecule has 3 heterocycles. The smallest absolute Gasteiger partial charge is 0.194 e. The van der Waals surface area contributed by atoms with Crippen molar-refractivity contribution < 1.29 is 0 Å². The number of halogens is 1. The molecular weight excluding hydrogens is 469 g/mol. The average molecular weight is 501 g/mol. The van der Waals surface area contributed by atoms with E-state index in [1.54, 1.807) is 11.0 Å². The van der Waals surface area contributed by atoms with E-state index in [1.807, 2.05) is 14.1 Å². The zero-order valence-corrected chi connectivity index (χ0v) is 19.5. The number of nitrogens with zero attached hydrogens (tertiary/aromatic N) is 8. The van der Waals surface area contributed by atoms with Gasteiger partial charge in [0.1, 0.15) is 23.8 Å². The molecule has 0 saturated heterocycles. The van der Waals surface area contributed by atoms with Gasteiger partial charge in [0.05, 0.1) is 6.54 Å². The highest BCUT2D eigenvalue weighted by molar-refractivity contribution is 14.0. The van der Waals surface area contributed by atoms with E-state index in [4.69, 9.17) is 4.99 Å². The van der Waals surface area contributed by atoms with E-state index in [0.717, 1.165) is 62.3 Å². The Balaban J connectivity index is 0.00000280. The second-order valence-corrected chi connectivity index (χ2v) is 6.99. The Hall–Kier alpha value is -1.72. The molecule has 1 aliphatic heterocycles. The Labute approximate surface area is 184 Å². The SMILES string of the molecule is CCNC(=NCCCc1nnc2n1CCCCC2)N(C)Cc1ncnn1C.I. The molecule has 156 valence electrons. The fourth-order valence-corrected chi connectivity index (χ4v) is 3.37. The molecule has 0 atom stereocenters. The van der Waals surface area contributed by atoms with Crippen LogP contribution in [0.5, 0.6) is 0 Å². The van der Waals surface area contributed by atoms with E-state index >= 15 is 0 Å². The molecule has 1 aliphatic rings. The van der Waals surface area contributed by atoms with Crippen molar-refractivity contribution in [1.82, 2.24) is 39.7 Å². The normalized spacial score (nSPS) is 14.2. The summed E-state index contributed by atoms with van der Waals surface area (Å²) in [5, 5.41) is 16.3. The van der Waals surface area contributed by atoms with Gasteiger partial charge in [0.2, 0.25) is 0 Å². The first-order chi connectivity index (χ1) is 13.2. The third-order valence-corrected chi connectivity index (χ3v) is 4.89. The summed E-state index contributed by atoms with van der Waals surface area (Å²) in [6.07, 6.45) is 8.27. The number of aromatic nitrogens is 6. The van der Waals surface area contributed by atoms with Crippen molar-refractivity contribution in [3.63, 3.8) is 0 Å². The largest absolute Gasteiger partial charge is 0.357 e. The molecule has 0 amide bonds. The highest BCUT2D eigenvalue weighted by Gasteiger charge is 2.14. The van der Waals surface area contributed by atoms with Crippen LogP contribution in [0.2, 0.25) is 0 Å². The Bertz CT molecular complexity index is 752. The van der Waals surface area contributed by atoms with Gasteiger partial charge in [-0.15, -0.1) is 34.2 Å². The molecule has 0 fully saturated rings. The van der Waals surface area contributed by atoms with Gasteiger partial charge in [-0.05, 0) is 26.2 Å². The molecule has 0 bridgehead atoms. The van der Waals surface area contributed by atoms with Crippen LogP contribution in [0.1, 0.15) is 50.1 Å². The number of hydrogen-bond donors (Lipinski definition) is 1. The van der Waals surface area contributed by atoms with Gasteiger partial charge in [-0.3, -0.25) is 9.67 Å². The quantitative estimate of drug-likeness (QED) is 0.269. The maximum absolute atomic E-state index is 4.77. The molecule has 0 aliphatic carbocycles. The van der Waals surface area contributed by atoms with Crippen molar-refractivity contribution >= 4 is 29.9 Å².